The van der Waals surface area contributed by atoms with Gasteiger partial charge in [-0.05, 0) is 84.8 Å². The Morgan fingerprint density at radius 3 is 2.71 bits per heavy atom. The van der Waals surface area contributed by atoms with Gasteiger partial charge >= 0.3 is 0 Å². The lowest BCUT2D eigenvalue weighted by molar-refractivity contribution is 0.0545. The highest BCUT2D eigenvalue weighted by atomic mass is 16.5. The number of ether oxygens (including phenoxy) is 1. The monoisotopic (exact) mass is 417 g/mol. The summed E-state index contributed by atoms with van der Waals surface area (Å²) >= 11 is 0. The Morgan fingerprint density at radius 2 is 2.03 bits per heavy atom. The van der Waals surface area contributed by atoms with Crippen molar-refractivity contribution in [1.29, 1.82) is 5.41 Å². The fourth-order valence-electron chi connectivity index (χ4n) is 4.52. The van der Waals surface area contributed by atoms with E-state index in [-0.39, 0.29) is 12.0 Å². The summed E-state index contributed by atoms with van der Waals surface area (Å²) in [7, 11) is 1.82. The van der Waals surface area contributed by atoms with Crippen LogP contribution in [-0.4, -0.2) is 42.8 Å². The zero-order chi connectivity index (χ0) is 22.0. The lowest BCUT2D eigenvalue weighted by Gasteiger charge is -2.19. The van der Waals surface area contributed by atoms with Crippen molar-refractivity contribution in [3.8, 4) is 0 Å². The molecule has 31 heavy (non-hydrogen) atoms. The topological polar surface area (TPSA) is 65.4 Å². The van der Waals surface area contributed by atoms with Crippen molar-refractivity contribution >= 4 is 11.6 Å². The fraction of sp³-hybridized carbons (Fsp3) is 0.385. The van der Waals surface area contributed by atoms with E-state index in [4.69, 9.17) is 10.1 Å². The molecule has 0 aliphatic carbocycles. The maximum atomic E-state index is 13.1. The molecule has 1 unspecified atom stereocenters. The van der Waals surface area contributed by atoms with E-state index in [9.17, 15) is 4.79 Å². The number of carbonyl (C=O) groups is 1. The van der Waals surface area contributed by atoms with Crippen LogP contribution in [0.5, 0.6) is 0 Å². The van der Waals surface area contributed by atoms with Crippen molar-refractivity contribution in [2.24, 2.45) is 0 Å². The van der Waals surface area contributed by atoms with E-state index in [1.54, 1.807) is 12.3 Å². The van der Waals surface area contributed by atoms with Gasteiger partial charge in [0.1, 0.15) is 0 Å². The largest absolute Gasteiger partial charge is 0.394 e. The Morgan fingerprint density at radius 1 is 1.26 bits per heavy atom. The van der Waals surface area contributed by atoms with Gasteiger partial charge in [0.25, 0.3) is 5.91 Å². The molecule has 2 N–H and O–H groups in total. The molecular formula is C26H31N3O2. The van der Waals surface area contributed by atoms with Gasteiger partial charge in [0.05, 0.1) is 11.8 Å². The van der Waals surface area contributed by atoms with Crippen LogP contribution < -0.4 is 5.32 Å². The molecule has 2 aliphatic rings. The standard InChI is InChI=1S/C26H31N3O2/c1-17-18(2)24-16-29(15-22-5-4-12-31-22)26(30)23(24)14-21(17)13-19-6-8-20(9-7-19)25(27)10-11-28-3/h6-11,14,22,27-28H,4-5,12-13,15-16H2,1-3H3/b11-10-,27-25?. The first-order valence-corrected chi connectivity index (χ1v) is 11.0. The third kappa shape index (κ3) is 4.42. The second-order valence-electron chi connectivity index (χ2n) is 8.54. The van der Waals surface area contributed by atoms with Gasteiger partial charge in [-0.25, -0.2) is 0 Å². The van der Waals surface area contributed by atoms with Crippen LogP contribution in [0.4, 0.5) is 0 Å². The third-order valence-electron chi connectivity index (χ3n) is 6.53. The quantitative estimate of drug-likeness (QED) is 0.666. The highest BCUT2D eigenvalue weighted by Crippen LogP contribution is 2.32. The predicted molar refractivity (Wildman–Crippen MR) is 124 cm³/mol. The molecule has 4 rings (SSSR count). The van der Waals surface area contributed by atoms with Crippen molar-refractivity contribution in [1.82, 2.24) is 10.2 Å². The van der Waals surface area contributed by atoms with Gasteiger partial charge in [0.15, 0.2) is 0 Å². The zero-order valence-corrected chi connectivity index (χ0v) is 18.6. The molecule has 1 saturated heterocycles. The second-order valence-corrected chi connectivity index (χ2v) is 8.54. The summed E-state index contributed by atoms with van der Waals surface area (Å²) in [5.74, 6) is 0.134. The number of hydrogen-bond donors (Lipinski definition) is 2. The minimum absolute atomic E-state index is 0.134. The Hall–Kier alpha value is -2.92. The number of nitrogens with zero attached hydrogens (tertiary/aromatic N) is 1. The SMILES string of the molecule is CN/C=C\C(=N)c1ccc(Cc2cc3c(c(C)c2C)CN(CC2CCCO2)C3=O)cc1. The van der Waals surface area contributed by atoms with Crippen LogP contribution in [0.2, 0.25) is 0 Å². The Labute approximate surface area is 184 Å². The van der Waals surface area contributed by atoms with Gasteiger partial charge in [-0.1, -0.05) is 24.3 Å². The molecule has 2 aliphatic heterocycles. The van der Waals surface area contributed by atoms with E-state index >= 15 is 0 Å². The number of fused-ring (bicyclic) bond motifs is 1. The van der Waals surface area contributed by atoms with Crippen molar-refractivity contribution in [3.05, 3.63) is 81.6 Å². The van der Waals surface area contributed by atoms with Gasteiger partial charge in [0, 0.05) is 32.3 Å². The normalized spacial score (nSPS) is 18.1. The lowest BCUT2D eigenvalue weighted by atomic mass is 9.91. The van der Waals surface area contributed by atoms with Crippen LogP contribution in [0.15, 0.2) is 42.6 Å². The van der Waals surface area contributed by atoms with E-state index in [0.717, 1.165) is 37.0 Å². The summed E-state index contributed by atoms with van der Waals surface area (Å²) in [5, 5.41) is 11.0. The molecular weight excluding hydrogens is 386 g/mol. The third-order valence-corrected chi connectivity index (χ3v) is 6.53. The Balaban J connectivity index is 1.52. The molecule has 5 nitrogen and oxygen atoms in total. The molecule has 2 aromatic carbocycles. The van der Waals surface area contributed by atoms with Crippen molar-refractivity contribution < 1.29 is 9.53 Å². The van der Waals surface area contributed by atoms with Gasteiger partial charge in [0.2, 0.25) is 0 Å². The number of carbonyl (C=O) groups excluding carboxylic acids is 1. The first-order chi connectivity index (χ1) is 15.0. The highest BCUT2D eigenvalue weighted by molar-refractivity contribution is 6.06. The molecule has 0 spiro atoms. The van der Waals surface area contributed by atoms with E-state index in [1.165, 1.54) is 27.8 Å². The van der Waals surface area contributed by atoms with Gasteiger partial charge in [-0.15, -0.1) is 0 Å². The molecule has 0 bridgehead atoms. The summed E-state index contributed by atoms with van der Waals surface area (Å²) in [4.78, 5) is 15.0. The maximum Gasteiger partial charge on any atom is 0.254 e. The number of benzene rings is 2. The molecule has 5 heteroatoms. The van der Waals surface area contributed by atoms with Crippen LogP contribution in [-0.2, 0) is 17.7 Å². The van der Waals surface area contributed by atoms with E-state index in [0.29, 0.717) is 18.8 Å². The average molecular weight is 418 g/mol. The molecule has 0 aromatic heterocycles. The number of rotatable bonds is 7. The highest BCUT2D eigenvalue weighted by Gasteiger charge is 2.32. The maximum absolute atomic E-state index is 13.1. The van der Waals surface area contributed by atoms with Crippen LogP contribution in [0, 0.1) is 19.3 Å². The smallest absolute Gasteiger partial charge is 0.254 e. The molecule has 2 aromatic rings. The molecule has 162 valence electrons. The van der Waals surface area contributed by atoms with Crippen LogP contribution in [0.3, 0.4) is 0 Å². The number of hydrogen-bond acceptors (Lipinski definition) is 4. The summed E-state index contributed by atoms with van der Waals surface area (Å²) < 4.78 is 5.75. The molecule has 0 radical (unpaired) electrons. The summed E-state index contributed by atoms with van der Waals surface area (Å²) in [6.45, 7) is 6.49. The van der Waals surface area contributed by atoms with Crippen LogP contribution in [0.25, 0.3) is 0 Å². The van der Waals surface area contributed by atoms with Crippen molar-refractivity contribution in [2.45, 2.75) is 45.8 Å². The second kappa shape index (κ2) is 9.06. The molecule has 1 fully saturated rings. The van der Waals surface area contributed by atoms with E-state index in [1.807, 2.05) is 24.1 Å². The number of nitrogens with one attached hydrogen (secondary N) is 2. The lowest BCUT2D eigenvalue weighted by Crippen LogP contribution is -2.32. The minimum atomic E-state index is 0.134. The van der Waals surface area contributed by atoms with Gasteiger partial charge in [-0.2, -0.15) is 0 Å². The molecule has 2 heterocycles. The Kier molecular flexibility index (Phi) is 6.23. The molecule has 1 atom stereocenters. The number of allylic oxidation sites excluding steroid dienone is 1. The molecule has 0 saturated carbocycles. The summed E-state index contributed by atoms with van der Waals surface area (Å²) in [6.07, 6.45) is 6.59. The first-order valence-electron chi connectivity index (χ1n) is 11.0. The van der Waals surface area contributed by atoms with Crippen LogP contribution >= 0.6 is 0 Å². The number of amides is 1. The predicted octanol–water partition coefficient (Wildman–Crippen LogP) is 4.13. The van der Waals surface area contributed by atoms with Crippen molar-refractivity contribution in [2.75, 3.05) is 20.2 Å². The van der Waals surface area contributed by atoms with E-state index < -0.39 is 0 Å². The van der Waals surface area contributed by atoms with Gasteiger partial charge in [-0.3, -0.25) is 4.79 Å². The first kappa shape index (κ1) is 21.3. The van der Waals surface area contributed by atoms with Crippen LogP contribution in [0.1, 0.15) is 56.6 Å². The fourth-order valence-corrected chi connectivity index (χ4v) is 4.52. The summed E-state index contributed by atoms with van der Waals surface area (Å²) in [6, 6.07) is 10.2. The zero-order valence-electron chi connectivity index (χ0n) is 18.6. The minimum Gasteiger partial charge on any atom is -0.394 e. The average Bonchev–Trinajstić information content (AvgIpc) is 3.40. The summed E-state index contributed by atoms with van der Waals surface area (Å²) in [5.41, 5.74) is 8.25. The van der Waals surface area contributed by atoms with Gasteiger partial charge < -0.3 is 20.4 Å². The molecule has 1 amide bonds. The Bertz CT molecular complexity index is 1020. The van der Waals surface area contributed by atoms with E-state index in [2.05, 4.69) is 37.4 Å². The van der Waals surface area contributed by atoms with Crippen molar-refractivity contribution in [3.63, 3.8) is 0 Å².